The third-order valence-electron chi connectivity index (χ3n) is 6.35. The highest BCUT2D eigenvalue weighted by Gasteiger charge is 2.30. The molecule has 0 bridgehead atoms. The number of hydrogen-bond acceptors (Lipinski definition) is 7. The predicted octanol–water partition coefficient (Wildman–Crippen LogP) is 3.85. The number of carbonyl (C=O) groups excluding carboxylic acids is 1. The predicted molar refractivity (Wildman–Crippen MR) is 136 cm³/mol. The molecule has 4 rings (SSSR count). The van der Waals surface area contributed by atoms with E-state index in [1.54, 1.807) is 43.2 Å². The molecule has 0 radical (unpaired) electrons. The Hall–Kier alpha value is -3.92. The van der Waals surface area contributed by atoms with Crippen LogP contribution in [0, 0.1) is 17.0 Å². The fraction of sp³-hybridized carbons (Fsp3) is 0.269. The van der Waals surface area contributed by atoms with Crippen LogP contribution in [0.3, 0.4) is 0 Å². The number of nitrogens with zero attached hydrogens (tertiary/aromatic N) is 3. The standard InChI is InChI=1S/C26H27N3O6S/c1-19-5-3-4-6-21(19)18-36(33,34)25-12-7-20(17-24(25)29(31)32)26(30)28-15-13-27(14-16-28)22-8-10-23(35-2)11-9-22/h3-12,17H,13-16,18H2,1-2H3. The molecule has 3 aromatic rings. The summed E-state index contributed by atoms with van der Waals surface area (Å²) in [7, 11) is -2.40. The number of benzene rings is 3. The maximum absolute atomic E-state index is 13.1. The number of nitro benzene ring substituents is 1. The second kappa shape index (κ2) is 10.4. The molecule has 0 aromatic heterocycles. The average Bonchev–Trinajstić information content (AvgIpc) is 2.89. The fourth-order valence-corrected chi connectivity index (χ4v) is 5.87. The lowest BCUT2D eigenvalue weighted by Gasteiger charge is -2.36. The number of anilines is 1. The first kappa shape index (κ1) is 25.2. The van der Waals surface area contributed by atoms with E-state index in [1.807, 2.05) is 24.3 Å². The second-order valence-electron chi connectivity index (χ2n) is 8.60. The number of ether oxygens (including phenoxy) is 1. The first-order chi connectivity index (χ1) is 17.2. The lowest BCUT2D eigenvalue weighted by Crippen LogP contribution is -2.48. The van der Waals surface area contributed by atoms with Crippen molar-refractivity contribution in [3.05, 3.63) is 93.5 Å². The summed E-state index contributed by atoms with van der Waals surface area (Å²) in [5.41, 5.74) is 1.87. The molecule has 3 aromatic carbocycles. The van der Waals surface area contributed by atoms with E-state index in [2.05, 4.69) is 4.90 Å². The molecule has 36 heavy (non-hydrogen) atoms. The summed E-state index contributed by atoms with van der Waals surface area (Å²) in [6.45, 7) is 3.86. The molecule has 1 amide bonds. The zero-order valence-corrected chi connectivity index (χ0v) is 20.9. The van der Waals surface area contributed by atoms with Crippen molar-refractivity contribution in [3.8, 4) is 5.75 Å². The van der Waals surface area contributed by atoms with E-state index in [0.29, 0.717) is 31.7 Å². The highest BCUT2D eigenvalue weighted by Crippen LogP contribution is 2.29. The van der Waals surface area contributed by atoms with Gasteiger partial charge in [-0.15, -0.1) is 0 Å². The first-order valence-electron chi connectivity index (χ1n) is 11.4. The van der Waals surface area contributed by atoms with E-state index < -0.39 is 25.3 Å². The van der Waals surface area contributed by atoms with Gasteiger partial charge in [-0.2, -0.15) is 0 Å². The van der Waals surface area contributed by atoms with Gasteiger partial charge in [0, 0.05) is 43.5 Å². The number of rotatable bonds is 7. The van der Waals surface area contributed by atoms with E-state index in [1.165, 1.54) is 12.1 Å². The molecule has 188 valence electrons. The second-order valence-corrected chi connectivity index (χ2v) is 10.6. The summed E-state index contributed by atoms with van der Waals surface area (Å²) in [5, 5.41) is 11.8. The Labute approximate surface area is 210 Å². The van der Waals surface area contributed by atoms with Crippen molar-refractivity contribution < 1.29 is 22.9 Å². The monoisotopic (exact) mass is 509 g/mol. The van der Waals surface area contributed by atoms with Crippen LogP contribution in [0.25, 0.3) is 0 Å². The molecule has 1 fully saturated rings. The van der Waals surface area contributed by atoms with Gasteiger partial charge < -0.3 is 14.5 Å². The minimum atomic E-state index is -4.00. The molecule has 0 unspecified atom stereocenters. The SMILES string of the molecule is COc1ccc(N2CCN(C(=O)c3ccc(S(=O)(=O)Cc4ccccc4C)c([N+](=O)[O-])c3)CC2)cc1. The number of sulfone groups is 1. The van der Waals surface area contributed by atoms with Crippen molar-refractivity contribution in [2.75, 3.05) is 38.2 Å². The molecule has 0 atom stereocenters. The van der Waals surface area contributed by atoms with Crippen LogP contribution >= 0.6 is 0 Å². The van der Waals surface area contributed by atoms with Crippen molar-refractivity contribution in [3.63, 3.8) is 0 Å². The molecule has 0 saturated carbocycles. The van der Waals surface area contributed by atoms with Gasteiger partial charge >= 0.3 is 0 Å². The third kappa shape index (κ3) is 5.33. The lowest BCUT2D eigenvalue weighted by atomic mass is 10.1. The zero-order chi connectivity index (χ0) is 25.9. The van der Waals surface area contributed by atoms with Crippen LogP contribution in [0.2, 0.25) is 0 Å². The van der Waals surface area contributed by atoms with E-state index in [0.717, 1.165) is 23.1 Å². The van der Waals surface area contributed by atoms with Crippen LogP contribution in [-0.4, -0.2) is 57.4 Å². The van der Waals surface area contributed by atoms with Gasteiger partial charge in [-0.25, -0.2) is 8.42 Å². The smallest absolute Gasteiger partial charge is 0.288 e. The van der Waals surface area contributed by atoms with Gasteiger partial charge in [0.05, 0.1) is 17.8 Å². The van der Waals surface area contributed by atoms with Crippen LogP contribution in [-0.2, 0) is 15.6 Å². The van der Waals surface area contributed by atoms with Gasteiger partial charge in [0.2, 0.25) is 0 Å². The van der Waals surface area contributed by atoms with Gasteiger partial charge in [-0.1, -0.05) is 24.3 Å². The van der Waals surface area contributed by atoms with E-state index >= 15 is 0 Å². The van der Waals surface area contributed by atoms with Crippen LogP contribution in [0.15, 0.2) is 71.6 Å². The molecule has 9 nitrogen and oxygen atoms in total. The summed E-state index contributed by atoms with van der Waals surface area (Å²) < 4.78 is 31.3. The highest BCUT2D eigenvalue weighted by molar-refractivity contribution is 7.90. The van der Waals surface area contributed by atoms with Gasteiger partial charge in [-0.05, 0) is 54.4 Å². The minimum Gasteiger partial charge on any atom is -0.497 e. The Bertz CT molecular complexity index is 1380. The summed E-state index contributed by atoms with van der Waals surface area (Å²) in [6, 6.07) is 18.3. The topological polar surface area (TPSA) is 110 Å². The van der Waals surface area contributed by atoms with Crippen molar-refractivity contribution in [1.29, 1.82) is 0 Å². The number of nitro groups is 1. The largest absolute Gasteiger partial charge is 0.497 e. The maximum Gasteiger partial charge on any atom is 0.288 e. The van der Waals surface area contributed by atoms with Crippen LogP contribution in [0.4, 0.5) is 11.4 Å². The number of hydrogen-bond donors (Lipinski definition) is 0. The molecule has 1 saturated heterocycles. The molecular formula is C26H27N3O6S. The van der Waals surface area contributed by atoms with Crippen LogP contribution in [0.5, 0.6) is 5.75 Å². The number of methoxy groups -OCH3 is 1. The molecule has 1 aliphatic rings. The molecular weight excluding hydrogens is 482 g/mol. The molecule has 10 heteroatoms. The third-order valence-corrected chi connectivity index (χ3v) is 8.06. The first-order valence-corrected chi connectivity index (χ1v) is 13.1. The van der Waals surface area contributed by atoms with Crippen molar-refractivity contribution in [2.24, 2.45) is 0 Å². The number of carbonyl (C=O) groups is 1. The molecule has 1 heterocycles. The Morgan fingerprint density at radius 2 is 1.67 bits per heavy atom. The van der Waals surface area contributed by atoms with Gasteiger partial charge in [0.1, 0.15) is 10.6 Å². The highest BCUT2D eigenvalue weighted by atomic mass is 32.2. The number of amides is 1. The Morgan fingerprint density at radius 3 is 2.28 bits per heavy atom. The van der Waals surface area contributed by atoms with Gasteiger partial charge in [0.25, 0.3) is 11.6 Å². The van der Waals surface area contributed by atoms with Crippen molar-refractivity contribution in [1.82, 2.24) is 4.90 Å². The van der Waals surface area contributed by atoms with Crippen molar-refractivity contribution in [2.45, 2.75) is 17.6 Å². The fourth-order valence-electron chi connectivity index (χ4n) is 4.25. The lowest BCUT2D eigenvalue weighted by molar-refractivity contribution is -0.387. The van der Waals surface area contributed by atoms with E-state index in [4.69, 9.17) is 4.74 Å². The number of aryl methyl sites for hydroxylation is 1. The maximum atomic E-state index is 13.1. The minimum absolute atomic E-state index is 0.0921. The molecule has 1 aliphatic heterocycles. The molecule has 0 aliphatic carbocycles. The Kier molecular flexibility index (Phi) is 7.25. The molecule has 0 spiro atoms. The summed E-state index contributed by atoms with van der Waals surface area (Å²) in [6.07, 6.45) is 0. The van der Waals surface area contributed by atoms with E-state index in [9.17, 15) is 23.3 Å². The van der Waals surface area contributed by atoms with Crippen LogP contribution < -0.4 is 9.64 Å². The molecule has 0 N–H and O–H groups in total. The Balaban J connectivity index is 1.51. The summed E-state index contributed by atoms with van der Waals surface area (Å²) in [4.78, 5) is 27.5. The van der Waals surface area contributed by atoms with Crippen molar-refractivity contribution >= 4 is 27.1 Å². The van der Waals surface area contributed by atoms with E-state index in [-0.39, 0.29) is 17.2 Å². The summed E-state index contributed by atoms with van der Waals surface area (Å²) in [5.74, 6) is 0.0371. The number of piperazine rings is 1. The van der Waals surface area contributed by atoms with Gasteiger partial charge in [0.15, 0.2) is 9.84 Å². The normalized spacial score (nSPS) is 13.9. The van der Waals surface area contributed by atoms with Crippen LogP contribution in [0.1, 0.15) is 21.5 Å². The summed E-state index contributed by atoms with van der Waals surface area (Å²) >= 11 is 0. The Morgan fingerprint density at radius 1 is 1.00 bits per heavy atom. The zero-order valence-electron chi connectivity index (χ0n) is 20.1. The quantitative estimate of drug-likeness (QED) is 0.351. The van der Waals surface area contributed by atoms with Gasteiger partial charge in [-0.3, -0.25) is 14.9 Å². The average molecular weight is 510 g/mol.